The van der Waals surface area contributed by atoms with E-state index in [-0.39, 0.29) is 15.2 Å². The van der Waals surface area contributed by atoms with Gasteiger partial charge in [0, 0.05) is 21.3 Å². The molecule has 2 rings (SSSR count). The second-order valence-corrected chi connectivity index (χ2v) is 6.79. The molecular formula is C14H23N2Si. The van der Waals surface area contributed by atoms with Gasteiger partial charge in [-0.25, -0.2) is 0 Å². The molecule has 93 valence electrons. The Labute approximate surface area is 107 Å². The predicted molar refractivity (Wildman–Crippen MR) is 78.3 cm³/mol. The smallest absolute Gasteiger partial charge is 0.135 e. The van der Waals surface area contributed by atoms with Crippen LogP contribution in [0, 0.1) is 5.54 Å². The lowest BCUT2D eigenvalue weighted by Gasteiger charge is -2.41. The van der Waals surface area contributed by atoms with Crippen LogP contribution >= 0.6 is 0 Å². The molecule has 0 aromatic heterocycles. The van der Waals surface area contributed by atoms with Crippen LogP contribution in [-0.2, 0) is 0 Å². The van der Waals surface area contributed by atoms with E-state index in [1.54, 1.807) is 5.54 Å². The Morgan fingerprint density at radius 1 is 1.29 bits per heavy atom. The highest BCUT2D eigenvalue weighted by molar-refractivity contribution is 6.45. The van der Waals surface area contributed by atoms with E-state index < -0.39 is 0 Å². The van der Waals surface area contributed by atoms with E-state index in [2.05, 4.69) is 37.0 Å². The van der Waals surface area contributed by atoms with Crippen molar-refractivity contribution >= 4 is 15.7 Å². The second kappa shape index (κ2) is 5.78. The summed E-state index contributed by atoms with van der Waals surface area (Å²) in [5, 5.41) is 0. The van der Waals surface area contributed by atoms with Crippen molar-refractivity contribution in [3.05, 3.63) is 29.8 Å². The molecule has 0 aromatic carbocycles. The molecule has 2 aliphatic rings. The summed E-state index contributed by atoms with van der Waals surface area (Å²) in [5.41, 5.74) is 1.63. The molecule has 1 atom stereocenters. The summed E-state index contributed by atoms with van der Waals surface area (Å²) in [7, 11) is -0.0390. The van der Waals surface area contributed by atoms with E-state index in [0.717, 1.165) is 13.1 Å². The summed E-state index contributed by atoms with van der Waals surface area (Å²) in [6.07, 6.45) is 13.3. The Morgan fingerprint density at radius 3 is 2.76 bits per heavy atom. The highest BCUT2D eigenvalue weighted by Crippen LogP contribution is 2.38. The van der Waals surface area contributed by atoms with Crippen LogP contribution in [0.15, 0.2) is 29.3 Å². The van der Waals surface area contributed by atoms with Crippen LogP contribution < -0.4 is 0 Å². The fourth-order valence-corrected chi connectivity index (χ4v) is 5.23. The third kappa shape index (κ3) is 2.45. The molecule has 0 N–H and O–H groups in total. The van der Waals surface area contributed by atoms with Gasteiger partial charge in [-0.15, -0.1) is 0 Å². The predicted octanol–water partition coefficient (Wildman–Crippen LogP) is 2.13. The van der Waals surface area contributed by atoms with Crippen molar-refractivity contribution in [2.45, 2.75) is 38.4 Å². The van der Waals surface area contributed by atoms with E-state index in [0.29, 0.717) is 0 Å². The lowest BCUT2D eigenvalue weighted by molar-refractivity contribution is 0.173. The van der Waals surface area contributed by atoms with Gasteiger partial charge in [-0.1, -0.05) is 38.5 Å². The quantitative estimate of drug-likeness (QED) is 0.695. The van der Waals surface area contributed by atoms with E-state index in [9.17, 15) is 0 Å². The normalized spacial score (nSPS) is 30.5. The standard InChI is InChI=1S/C14H23N2Si/c1-3-16(4-2)14(13-9-8-12-17-13)10-6-5-7-11-15-14/h5-7,10-11H,3-4,8-9,12,17H2,1-2H3. The summed E-state index contributed by atoms with van der Waals surface area (Å²) in [5.74, 6) is 0. The first-order valence-electron chi connectivity index (χ1n) is 6.83. The van der Waals surface area contributed by atoms with E-state index in [4.69, 9.17) is 4.99 Å². The van der Waals surface area contributed by atoms with Gasteiger partial charge >= 0.3 is 0 Å². The highest BCUT2D eigenvalue weighted by atomic mass is 28.2. The first-order valence-corrected chi connectivity index (χ1v) is 8.54. The summed E-state index contributed by atoms with van der Waals surface area (Å²) in [4.78, 5) is 7.40. The molecule has 2 nitrogen and oxygen atoms in total. The molecule has 0 aliphatic carbocycles. The van der Waals surface area contributed by atoms with Crippen molar-refractivity contribution in [3.8, 4) is 0 Å². The first kappa shape index (κ1) is 12.8. The molecule has 0 bridgehead atoms. The zero-order chi connectivity index (χ0) is 12.1. The molecular weight excluding hydrogens is 224 g/mol. The van der Waals surface area contributed by atoms with Gasteiger partial charge in [0.15, 0.2) is 0 Å². The monoisotopic (exact) mass is 247 g/mol. The molecule has 0 saturated carbocycles. The SMILES string of the molecule is CCN(CC)C1([C]2CCC[SiH2]2)C=CC=CC=N1. The van der Waals surface area contributed by atoms with Crippen LogP contribution in [0.25, 0.3) is 0 Å². The number of nitrogens with zero attached hydrogens (tertiary/aromatic N) is 2. The van der Waals surface area contributed by atoms with Crippen LogP contribution in [0.1, 0.15) is 26.7 Å². The fraction of sp³-hybridized carbons (Fsp3) is 0.571. The van der Waals surface area contributed by atoms with Crippen LogP contribution in [0.2, 0.25) is 6.04 Å². The third-order valence-electron chi connectivity index (χ3n) is 3.88. The van der Waals surface area contributed by atoms with E-state index in [1.807, 2.05) is 12.3 Å². The van der Waals surface area contributed by atoms with Gasteiger partial charge in [0.05, 0.1) is 0 Å². The van der Waals surface area contributed by atoms with Crippen molar-refractivity contribution < 1.29 is 0 Å². The van der Waals surface area contributed by atoms with Crippen LogP contribution in [0.3, 0.4) is 0 Å². The van der Waals surface area contributed by atoms with Crippen molar-refractivity contribution in [3.63, 3.8) is 0 Å². The Morgan fingerprint density at radius 2 is 2.12 bits per heavy atom. The molecule has 2 heterocycles. The van der Waals surface area contributed by atoms with Crippen LogP contribution in [-0.4, -0.2) is 39.4 Å². The number of allylic oxidation sites excluding steroid dienone is 3. The zero-order valence-corrected chi connectivity index (χ0v) is 12.4. The van der Waals surface area contributed by atoms with Gasteiger partial charge in [0.2, 0.25) is 0 Å². The third-order valence-corrected chi connectivity index (χ3v) is 6.21. The molecule has 3 heteroatoms. The van der Waals surface area contributed by atoms with Gasteiger partial charge < -0.3 is 0 Å². The summed E-state index contributed by atoms with van der Waals surface area (Å²) in [6.45, 7) is 6.61. The summed E-state index contributed by atoms with van der Waals surface area (Å²) < 4.78 is 0. The Hall–Kier alpha value is -0.673. The van der Waals surface area contributed by atoms with Gasteiger partial charge in [-0.2, -0.15) is 0 Å². The number of likely N-dealkylation sites (N-methyl/N-ethyl adjacent to an activating group) is 1. The Balaban J connectivity index is 2.33. The number of hydrogen-bond acceptors (Lipinski definition) is 2. The number of aliphatic imine (C=N–C) groups is 1. The molecule has 1 saturated heterocycles. The molecule has 0 aromatic rings. The molecule has 0 amide bonds. The maximum atomic E-state index is 4.90. The molecule has 1 radical (unpaired) electrons. The lowest BCUT2D eigenvalue weighted by atomic mass is 9.99. The molecule has 17 heavy (non-hydrogen) atoms. The summed E-state index contributed by atoms with van der Waals surface area (Å²) in [6, 6.07) is 1.47. The van der Waals surface area contributed by atoms with Gasteiger partial charge in [0.25, 0.3) is 0 Å². The topological polar surface area (TPSA) is 15.6 Å². The van der Waals surface area contributed by atoms with Gasteiger partial charge in [0.1, 0.15) is 5.66 Å². The zero-order valence-electron chi connectivity index (χ0n) is 11.0. The maximum Gasteiger partial charge on any atom is 0.135 e. The molecule has 1 unspecified atom stereocenters. The minimum Gasteiger partial charge on any atom is -0.276 e. The van der Waals surface area contributed by atoms with Crippen LogP contribution in [0.4, 0.5) is 0 Å². The Bertz CT molecular complexity index is 303. The molecule has 2 aliphatic heterocycles. The average Bonchev–Trinajstić information content (AvgIpc) is 2.78. The molecule has 0 spiro atoms. The van der Waals surface area contributed by atoms with Crippen molar-refractivity contribution in [2.24, 2.45) is 4.99 Å². The van der Waals surface area contributed by atoms with Crippen LogP contribution in [0.5, 0.6) is 0 Å². The average molecular weight is 247 g/mol. The van der Waals surface area contributed by atoms with Gasteiger partial charge in [-0.3, -0.25) is 9.89 Å². The summed E-state index contributed by atoms with van der Waals surface area (Å²) >= 11 is 0. The first-order chi connectivity index (χ1) is 8.33. The van der Waals surface area contributed by atoms with Gasteiger partial charge in [-0.05, 0) is 31.7 Å². The van der Waals surface area contributed by atoms with E-state index in [1.165, 1.54) is 18.9 Å². The Kier molecular flexibility index (Phi) is 4.34. The van der Waals surface area contributed by atoms with Crippen molar-refractivity contribution in [2.75, 3.05) is 13.1 Å². The van der Waals surface area contributed by atoms with E-state index >= 15 is 0 Å². The maximum absolute atomic E-state index is 4.90. The van der Waals surface area contributed by atoms with Crippen molar-refractivity contribution in [1.82, 2.24) is 4.90 Å². The largest absolute Gasteiger partial charge is 0.276 e. The number of rotatable bonds is 4. The second-order valence-electron chi connectivity index (χ2n) is 4.73. The number of hydrogen-bond donors (Lipinski definition) is 0. The fourth-order valence-electron chi connectivity index (χ4n) is 3.00. The van der Waals surface area contributed by atoms with Crippen molar-refractivity contribution in [1.29, 1.82) is 0 Å². The minimum atomic E-state index is -0.101. The molecule has 1 fully saturated rings. The minimum absolute atomic E-state index is 0.0390. The highest BCUT2D eigenvalue weighted by Gasteiger charge is 2.42. The lowest BCUT2D eigenvalue weighted by Crippen LogP contribution is -2.51.